The third kappa shape index (κ3) is 3.05. The molecule has 3 rings (SSSR count). The van der Waals surface area contributed by atoms with Gasteiger partial charge in [0.2, 0.25) is 5.78 Å². The lowest BCUT2D eigenvalue weighted by atomic mass is 9.92. The van der Waals surface area contributed by atoms with Crippen molar-refractivity contribution in [1.82, 2.24) is 0 Å². The average molecular weight is 337 g/mol. The molecule has 0 aliphatic carbocycles. The highest BCUT2D eigenvalue weighted by molar-refractivity contribution is 6.47. The lowest BCUT2D eigenvalue weighted by Crippen LogP contribution is -2.31. The highest BCUT2D eigenvalue weighted by Crippen LogP contribution is 2.40. The molecule has 0 aromatic heterocycles. The Hall–Kier alpha value is -2.95. The number of anilines is 1. The van der Waals surface area contributed by atoms with E-state index in [4.69, 9.17) is 4.74 Å². The van der Waals surface area contributed by atoms with Crippen molar-refractivity contribution in [1.29, 1.82) is 0 Å². The third-order valence-corrected chi connectivity index (χ3v) is 4.30. The summed E-state index contributed by atoms with van der Waals surface area (Å²) in [5, 5.41) is 0. The Balaban J connectivity index is 2.11. The number of hydrogen-bond donors (Lipinski definition) is 0. The third-order valence-electron chi connectivity index (χ3n) is 4.30. The number of carbonyl (C=O) groups excluding carboxylic acids is 3. The molecule has 2 aromatic carbocycles. The number of Topliss-reactive ketones (excluding diaryl/α,β-unsaturated/α-hetero) is 1. The second-order valence-corrected chi connectivity index (χ2v) is 5.96. The molecule has 0 saturated carbocycles. The SMILES string of the molecule is CCOC(=O)[C@@H]1C(=O)C(=O)N(c2ccc(C)cc2)[C@@H]1c1ccccc1. The minimum atomic E-state index is -1.16. The zero-order chi connectivity index (χ0) is 18.0. The lowest BCUT2D eigenvalue weighted by Gasteiger charge is -2.27. The van der Waals surface area contributed by atoms with Crippen molar-refractivity contribution in [2.75, 3.05) is 11.5 Å². The van der Waals surface area contributed by atoms with Crippen LogP contribution in [0.4, 0.5) is 5.69 Å². The first-order valence-electron chi connectivity index (χ1n) is 8.20. The van der Waals surface area contributed by atoms with E-state index >= 15 is 0 Å². The van der Waals surface area contributed by atoms with Gasteiger partial charge in [-0.2, -0.15) is 0 Å². The molecule has 5 heteroatoms. The van der Waals surface area contributed by atoms with E-state index in [1.165, 1.54) is 4.90 Å². The van der Waals surface area contributed by atoms with Crippen molar-refractivity contribution in [2.45, 2.75) is 19.9 Å². The molecule has 5 nitrogen and oxygen atoms in total. The van der Waals surface area contributed by atoms with Crippen LogP contribution in [0, 0.1) is 12.8 Å². The van der Waals surface area contributed by atoms with Crippen molar-refractivity contribution in [3.8, 4) is 0 Å². The standard InChI is InChI=1S/C20H19NO4/c1-3-25-20(24)16-17(14-7-5-4-6-8-14)21(19(23)18(16)22)15-11-9-13(2)10-12-15/h4-12,16-17H,3H2,1-2H3/t16-,17+/m0/s1. The van der Waals surface area contributed by atoms with E-state index in [9.17, 15) is 14.4 Å². The van der Waals surface area contributed by atoms with Crippen molar-refractivity contribution in [3.63, 3.8) is 0 Å². The molecule has 0 unspecified atom stereocenters. The van der Waals surface area contributed by atoms with E-state index in [2.05, 4.69) is 0 Å². The minimum Gasteiger partial charge on any atom is -0.465 e. The molecule has 1 aliphatic heterocycles. The van der Waals surface area contributed by atoms with Crippen LogP contribution in [0.15, 0.2) is 54.6 Å². The molecular weight excluding hydrogens is 318 g/mol. The molecule has 2 aromatic rings. The van der Waals surface area contributed by atoms with Gasteiger partial charge < -0.3 is 4.74 Å². The van der Waals surface area contributed by atoms with Gasteiger partial charge in [0.05, 0.1) is 12.6 Å². The van der Waals surface area contributed by atoms with Crippen LogP contribution in [0.2, 0.25) is 0 Å². The van der Waals surface area contributed by atoms with Crippen LogP contribution in [0.1, 0.15) is 24.1 Å². The van der Waals surface area contributed by atoms with Gasteiger partial charge in [-0.3, -0.25) is 19.3 Å². The van der Waals surface area contributed by atoms with Crippen molar-refractivity contribution < 1.29 is 19.1 Å². The van der Waals surface area contributed by atoms with Gasteiger partial charge in [0.1, 0.15) is 5.92 Å². The van der Waals surface area contributed by atoms with Crippen LogP contribution in [-0.2, 0) is 19.1 Å². The zero-order valence-electron chi connectivity index (χ0n) is 14.1. The van der Waals surface area contributed by atoms with Crippen LogP contribution < -0.4 is 4.90 Å². The number of ether oxygens (including phenoxy) is 1. The summed E-state index contributed by atoms with van der Waals surface area (Å²) < 4.78 is 5.06. The first-order chi connectivity index (χ1) is 12.0. The maximum absolute atomic E-state index is 12.7. The summed E-state index contributed by atoms with van der Waals surface area (Å²) in [6.45, 7) is 3.77. The first-order valence-corrected chi connectivity index (χ1v) is 8.20. The number of amides is 1. The van der Waals surface area contributed by atoms with Crippen LogP contribution in [-0.4, -0.2) is 24.3 Å². The molecule has 0 spiro atoms. The molecule has 1 saturated heterocycles. The molecular formula is C20H19NO4. The van der Waals surface area contributed by atoms with Gasteiger partial charge in [-0.25, -0.2) is 0 Å². The molecule has 128 valence electrons. The van der Waals surface area contributed by atoms with Crippen LogP contribution in [0.25, 0.3) is 0 Å². The second kappa shape index (κ2) is 6.89. The van der Waals surface area contributed by atoms with Crippen LogP contribution in [0.3, 0.4) is 0 Å². The van der Waals surface area contributed by atoms with Gasteiger partial charge in [0.25, 0.3) is 5.91 Å². The maximum Gasteiger partial charge on any atom is 0.319 e. The number of ketones is 1. The summed E-state index contributed by atoms with van der Waals surface area (Å²) in [5.74, 6) is -3.23. The predicted octanol–water partition coefficient (Wildman–Crippen LogP) is 2.83. The van der Waals surface area contributed by atoms with Crippen molar-refractivity contribution >= 4 is 23.3 Å². The Morgan fingerprint density at radius 1 is 1.04 bits per heavy atom. The average Bonchev–Trinajstić information content (AvgIpc) is 2.88. The summed E-state index contributed by atoms with van der Waals surface area (Å²) in [4.78, 5) is 39.0. The Morgan fingerprint density at radius 3 is 2.28 bits per heavy atom. The van der Waals surface area contributed by atoms with E-state index in [0.717, 1.165) is 11.1 Å². The minimum absolute atomic E-state index is 0.156. The fourth-order valence-electron chi connectivity index (χ4n) is 3.11. The molecule has 1 heterocycles. The number of benzene rings is 2. The number of carbonyl (C=O) groups is 3. The highest BCUT2D eigenvalue weighted by atomic mass is 16.5. The fourth-order valence-corrected chi connectivity index (χ4v) is 3.11. The Bertz CT molecular complexity index is 798. The molecule has 0 radical (unpaired) electrons. The number of nitrogens with zero attached hydrogens (tertiary/aromatic N) is 1. The van der Waals surface area contributed by atoms with Gasteiger partial charge in [-0.1, -0.05) is 48.0 Å². The Kier molecular flexibility index (Phi) is 4.65. The van der Waals surface area contributed by atoms with Gasteiger partial charge in [0.15, 0.2) is 0 Å². The van der Waals surface area contributed by atoms with Gasteiger partial charge in [-0.15, -0.1) is 0 Å². The summed E-state index contributed by atoms with van der Waals surface area (Å²) in [5.41, 5.74) is 2.35. The second-order valence-electron chi connectivity index (χ2n) is 5.96. The van der Waals surface area contributed by atoms with E-state index in [-0.39, 0.29) is 6.61 Å². The summed E-state index contributed by atoms with van der Waals surface area (Å²) in [7, 11) is 0. The Labute approximate surface area is 146 Å². The molecule has 25 heavy (non-hydrogen) atoms. The van der Waals surface area contributed by atoms with Gasteiger partial charge >= 0.3 is 5.97 Å². The van der Waals surface area contributed by atoms with Crippen LogP contribution >= 0.6 is 0 Å². The number of esters is 1. The van der Waals surface area contributed by atoms with Crippen molar-refractivity contribution in [2.24, 2.45) is 5.92 Å². The van der Waals surface area contributed by atoms with E-state index in [1.54, 1.807) is 19.1 Å². The number of hydrogen-bond acceptors (Lipinski definition) is 4. The number of aryl methyl sites for hydroxylation is 1. The van der Waals surface area contributed by atoms with Gasteiger partial charge in [0, 0.05) is 5.69 Å². The summed E-state index contributed by atoms with van der Waals surface area (Å²) in [6, 6.07) is 15.7. The molecule has 2 atom stereocenters. The monoisotopic (exact) mass is 337 g/mol. The number of rotatable bonds is 4. The van der Waals surface area contributed by atoms with E-state index < -0.39 is 29.6 Å². The predicted molar refractivity (Wildman–Crippen MR) is 93.0 cm³/mol. The highest BCUT2D eigenvalue weighted by Gasteiger charge is 2.53. The quantitative estimate of drug-likeness (QED) is 0.489. The van der Waals surface area contributed by atoms with E-state index in [0.29, 0.717) is 5.69 Å². The largest absolute Gasteiger partial charge is 0.465 e. The molecule has 1 amide bonds. The van der Waals surface area contributed by atoms with Crippen molar-refractivity contribution in [3.05, 3.63) is 65.7 Å². The summed E-state index contributed by atoms with van der Waals surface area (Å²) >= 11 is 0. The maximum atomic E-state index is 12.7. The molecule has 1 aliphatic rings. The lowest BCUT2D eigenvalue weighted by molar-refractivity contribution is -0.152. The first kappa shape index (κ1) is 16.9. The summed E-state index contributed by atoms with van der Waals surface area (Å²) in [6.07, 6.45) is 0. The normalized spacial score (nSPS) is 20.0. The fraction of sp³-hybridized carbons (Fsp3) is 0.250. The van der Waals surface area contributed by atoms with Gasteiger partial charge in [-0.05, 0) is 31.5 Å². The topological polar surface area (TPSA) is 63.7 Å². The van der Waals surface area contributed by atoms with Crippen LogP contribution in [0.5, 0.6) is 0 Å². The smallest absolute Gasteiger partial charge is 0.319 e. The molecule has 1 fully saturated rings. The molecule has 0 bridgehead atoms. The Morgan fingerprint density at radius 2 is 1.68 bits per heavy atom. The van der Waals surface area contributed by atoms with E-state index in [1.807, 2.05) is 49.4 Å². The zero-order valence-corrected chi connectivity index (χ0v) is 14.1. The molecule has 0 N–H and O–H groups in total.